The number of para-hydroxylation sites is 1. The van der Waals surface area contributed by atoms with E-state index in [1.54, 1.807) is 18.2 Å². The summed E-state index contributed by atoms with van der Waals surface area (Å²) in [5.41, 5.74) is 0.552. The van der Waals surface area contributed by atoms with Crippen LogP contribution in [0, 0.1) is 0 Å². The third kappa shape index (κ3) is 3.68. The molecule has 0 aliphatic rings. The van der Waals surface area contributed by atoms with Crippen LogP contribution < -0.4 is 5.32 Å². The first-order valence-corrected chi connectivity index (χ1v) is 4.35. The summed E-state index contributed by atoms with van der Waals surface area (Å²) in [5.74, 6) is -1.68. The maximum atomic E-state index is 11.0. The van der Waals surface area contributed by atoms with Gasteiger partial charge in [-0.05, 0) is 6.07 Å². The summed E-state index contributed by atoms with van der Waals surface area (Å²) >= 11 is 0. The number of carboxylic acid groups (broad SMARTS) is 1. The number of phenolic OH excluding ortho intramolecular Hbond substituents is 1. The topological polar surface area (TPSA) is 86.6 Å². The van der Waals surface area contributed by atoms with Gasteiger partial charge in [0.05, 0.1) is 0 Å². The zero-order valence-electron chi connectivity index (χ0n) is 7.93. The molecule has 0 atom stereocenters. The van der Waals surface area contributed by atoms with E-state index in [4.69, 9.17) is 5.11 Å². The maximum absolute atomic E-state index is 11.0. The second kappa shape index (κ2) is 4.99. The third-order valence-electron chi connectivity index (χ3n) is 1.78. The fourth-order valence-electron chi connectivity index (χ4n) is 1.05. The average Bonchev–Trinajstić information content (AvgIpc) is 2.15. The van der Waals surface area contributed by atoms with Crippen LogP contribution in [-0.2, 0) is 16.1 Å². The van der Waals surface area contributed by atoms with Gasteiger partial charge in [-0.3, -0.25) is 9.59 Å². The normalized spacial score (nSPS) is 9.60. The highest BCUT2D eigenvalue weighted by molar-refractivity contribution is 5.93. The minimum Gasteiger partial charge on any atom is -0.508 e. The van der Waals surface area contributed by atoms with Crippen LogP contribution in [0.4, 0.5) is 0 Å². The Bertz CT molecular complexity index is 375. The monoisotopic (exact) mass is 209 g/mol. The van der Waals surface area contributed by atoms with Gasteiger partial charge in [0.1, 0.15) is 12.2 Å². The second-order valence-corrected chi connectivity index (χ2v) is 2.98. The average molecular weight is 209 g/mol. The molecule has 0 aliphatic carbocycles. The minimum absolute atomic E-state index is 0.0770. The molecule has 0 aromatic heterocycles. The van der Waals surface area contributed by atoms with Crippen LogP contribution >= 0.6 is 0 Å². The van der Waals surface area contributed by atoms with Crippen LogP contribution in [0.5, 0.6) is 5.75 Å². The molecule has 0 radical (unpaired) electrons. The van der Waals surface area contributed by atoms with Gasteiger partial charge in [0.25, 0.3) is 0 Å². The lowest BCUT2D eigenvalue weighted by Crippen LogP contribution is -2.25. The molecule has 15 heavy (non-hydrogen) atoms. The summed E-state index contributed by atoms with van der Waals surface area (Å²) < 4.78 is 0. The fraction of sp³-hybridized carbons (Fsp3) is 0.200. The molecule has 0 heterocycles. The summed E-state index contributed by atoms with van der Waals surface area (Å²) in [7, 11) is 0. The molecule has 1 aromatic rings. The Labute approximate surface area is 86.4 Å². The number of carbonyl (C=O) groups excluding carboxylic acids is 1. The summed E-state index contributed by atoms with van der Waals surface area (Å²) in [6.45, 7) is 0.124. The van der Waals surface area contributed by atoms with Crippen molar-refractivity contribution in [2.24, 2.45) is 0 Å². The van der Waals surface area contributed by atoms with Crippen LogP contribution in [0.2, 0.25) is 0 Å². The van der Waals surface area contributed by atoms with E-state index in [-0.39, 0.29) is 12.3 Å². The van der Waals surface area contributed by atoms with Crippen molar-refractivity contribution in [1.29, 1.82) is 0 Å². The van der Waals surface area contributed by atoms with E-state index in [1.165, 1.54) is 6.07 Å². The molecule has 80 valence electrons. The highest BCUT2D eigenvalue weighted by atomic mass is 16.4. The number of hydrogen-bond donors (Lipinski definition) is 3. The highest BCUT2D eigenvalue weighted by Crippen LogP contribution is 2.14. The molecule has 0 spiro atoms. The molecule has 0 bridgehead atoms. The molecule has 3 N–H and O–H groups in total. The number of hydrogen-bond acceptors (Lipinski definition) is 3. The van der Waals surface area contributed by atoms with Gasteiger partial charge in [-0.15, -0.1) is 0 Å². The van der Waals surface area contributed by atoms with Crippen molar-refractivity contribution in [2.45, 2.75) is 13.0 Å². The van der Waals surface area contributed by atoms with E-state index in [1.807, 2.05) is 0 Å². The Kier molecular flexibility index (Phi) is 3.68. The molecule has 1 amide bonds. The second-order valence-electron chi connectivity index (χ2n) is 2.98. The van der Waals surface area contributed by atoms with Crippen molar-refractivity contribution in [2.75, 3.05) is 0 Å². The van der Waals surface area contributed by atoms with E-state index in [0.29, 0.717) is 5.56 Å². The SMILES string of the molecule is O=C(O)CC(=O)NCc1ccccc1O. The van der Waals surface area contributed by atoms with Gasteiger partial charge in [-0.1, -0.05) is 18.2 Å². The molecule has 0 saturated heterocycles. The first-order valence-electron chi connectivity index (χ1n) is 4.35. The van der Waals surface area contributed by atoms with Crippen LogP contribution in [0.25, 0.3) is 0 Å². The number of aliphatic carboxylic acids is 1. The molecular formula is C10H11NO4. The number of amides is 1. The van der Waals surface area contributed by atoms with Gasteiger partial charge in [0.15, 0.2) is 0 Å². The predicted octanol–water partition coefficient (Wildman–Crippen LogP) is 0.483. The Morgan fingerprint density at radius 1 is 1.27 bits per heavy atom. The van der Waals surface area contributed by atoms with Gasteiger partial charge in [0, 0.05) is 12.1 Å². The van der Waals surface area contributed by atoms with E-state index < -0.39 is 18.3 Å². The van der Waals surface area contributed by atoms with Gasteiger partial charge in [-0.2, -0.15) is 0 Å². The molecule has 1 aromatic carbocycles. The standard InChI is InChI=1S/C10H11NO4/c12-8-4-2-1-3-7(8)6-11-9(13)5-10(14)15/h1-4,12H,5-6H2,(H,11,13)(H,14,15). The lowest BCUT2D eigenvalue weighted by atomic mass is 10.2. The fourth-order valence-corrected chi connectivity index (χ4v) is 1.05. The van der Waals surface area contributed by atoms with E-state index >= 15 is 0 Å². The highest BCUT2D eigenvalue weighted by Gasteiger charge is 2.07. The summed E-state index contributed by atoms with van der Waals surface area (Å²) in [6, 6.07) is 6.53. The van der Waals surface area contributed by atoms with Crippen molar-refractivity contribution < 1.29 is 19.8 Å². The van der Waals surface area contributed by atoms with Gasteiger partial charge < -0.3 is 15.5 Å². The number of benzene rings is 1. The van der Waals surface area contributed by atoms with Crippen molar-refractivity contribution in [1.82, 2.24) is 5.32 Å². The van der Waals surface area contributed by atoms with Crippen molar-refractivity contribution in [3.8, 4) is 5.75 Å². The van der Waals surface area contributed by atoms with Gasteiger partial charge >= 0.3 is 5.97 Å². The zero-order chi connectivity index (χ0) is 11.3. The first-order chi connectivity index (χ1) is 7.09. The quantitative estimate of drug-likeness (QED) is 0.629. The molecule has 5 nitrogen and oxygen atoms in total. The molecular weight excluding hydrogens is 198 g/mol. The van der Waals surface area contributed by atoms with Gasteiger partial charge in [0.2, 0.25) is 5.91 Å². The molecule has 0 saturated carbocycles. The van der Waals surface area contributed by atoms with Crippen LogP contribution in [-0.4, -0.2) is 22.1 Å². The maximum Gasteiger partial charge on any atom is 0.312 e. The lowest BCUT2D eigenvalue weighted by molar-refractivity contribution is -0.140. The summed E-state index contributed by atoms with van der Waals surface area (Å²) in [6.07, 6.45) is -0.562. The Morgan fingerprint density at radius 3 is 2.53 bits per heavy atom. The largest absolute Gasteiger partial charge is 0.508 e. The molecule has 5 heteroatoms. The third-order valence-corrected chi connectivity index (χ3v) is 1.78. The van der Waals surface area contributed by atoms with E-state index in [2.05, 4.69) is 5.32 Å². The Balaban J connectivity index is 2.47. The smallest absolute Gasteiger partial charge is 0.312 e. The Morgan fingerprint density at radius 2 is 1.93 bits per heavy atom. The molecule has 0 fully saturated rings. The van der Waals surface area contributed by atoms with E-state index in [9.17, 15) is 14.7 Å². The number of rotatable bonds is 4. The van der Waals surface area contributed by atoms with Crippen LogP contribution in [0.1, 0.15) is 12.0 Å². The van der Waals surface area contributed by atoms with Crippen molar-refractivity contribution in [3.05, 3.63) is 29.8 Å². The van der Waals surface area contributed by atoms with Crippen molar-refractivity contribution >= 4 is 11.9 Å². The first kappa shape index (κ1) is 11.0. The number of nitrogens with one attached hydrogen (secondary N) is 1. The van der Waals surface area contributed by atoms with Crippen molar-refractivity contribution in [3.63, 3.8) is 0 Å². The molecule has 0 aliphatic heterocycles. The Hall–Kier alpha value is -2.04. The van der Waals surface area contributed by atoms with E-state index in [0.717, 1.165) is 0 Å². The summed E-state index contributed by atoms with van der Waals surface area (Å²) in [4.78, 5) is 21.1. The summed E-state index contributed by atoms with van der Waals surface area (Å²) in [5, 5.41) is 20.1. The van der Waals surface area contributed by atoms with Crippen LogP contribution in [0.15, 0.2) is 24.3 Å². The number of aromatic hydroxyl groups is 1. The predicted molar refractivity (Wildman–Crippen MR) is 52.2 cm³/mol. The lowest BCUT2D eigenvalue weighted by Gasteiger charge is -2.05. The number of phenols is 1. The minimum atomic E-state index is -1.18. The van der Waals surface area contributed by atoms with Gasteiger partial charge in [-0.25, -0.2) is 0 Å². The number of carboxylic acids is 1. The van der Waals surface area contributed by atoms with Crippen LogP contribution in [0.3, 0.4) is 0 Å². The number of carbonyl (C=O) groups is 2. The molecule has 1 rings (SSSR count). The zero-order valence-corrected chi connectivity index (χ0v) is 7.93. The molecule has 0 unspecified atom stereocenters.